The van der Waals surface area contributed by atoms with Gasteiger partial charge in [-0.2, -0.15) is 4.99 Å². The van der Waals surface area contributed by atoms with Crippen LogP contribution in [-0.4, -0.2) is 15.5 Å². The Morgan fingerprint density at radius 2 is 2.08 bits per heavy atom. The number of amides is 1. The molecule has 0 N–H and O–H groups in total. The molecule has 2 aromatic heterocycles. The number of hydrogen-bond acceptors (Lipinski definition) is 3. The van der Waals surface area contributed by atoms with Gasteiger partial charge in [-0.15, -0.1) is 11.3 Å². The van der Waals surface area contributed by atoms with Crippen molar-refractivity contribution in [3.8, 4) is 0 Å². The molecule has 3 rings (SSSR count). The normalized spacial score (nSPS) is 15.7. The molecule has 25 heavy (non-hydrogen) atoms. The smallest absolute Gasteiger partial charge is 0.281 e. The molecule has 1 aliphatic rings. The van der Waals surface area contributed by atoms with Gasteiger partial charge >= 0.3 is 0 Å². The van der Waals surface area contributed by atoms with Crippen LogP contribution in [0.2, 0.25) is 10.2 Å². The molecule has 1 aliphatic carbocycles. The van der Waals surface area contributed by atoms with Gasteiger partial charge in [-0.05, 0) is 37.2 Å². The first-order valence-electron chi connectivity index (χ1n) is 8.27. The predicted octanol–water partition coefficient (Wildman–Crippen LogP) is 5.01. The Hall–Kier alpha value is -1.17. The molecule has 2 aromatic rings. The topological polar surface area (TPSA) is 47.2 Å². The van der Waals surface area contributed by atoms with E-state index in [4.69, 9.17) is 23.2 Å². The Kier molecular flexibility index (Phi) is 5.11. The minimum Gasteiger partial charge on any atom is -0.320 e. The maximum absolute atomic E-state index is 12.7. The molecule has 1 fully saturated rings. The third kappa shape index (κ3) is 4.15. The molecule has 2 heterocycles. The molecule has 0 saturated heterocycles. The summed E-state index contributed by atoms with van der Waals surface area (Å²) in [4.78, 5) is 22.9. The van der Waals surface area contributed by atoms with E-state index in [9.17, 15) is 4.79 Å². The minimum absolute atomic E-state index is 0.00842. The molecule has 0 aliphatic heterocycles. The fraction of sp³-hybridized carbons (Fsp3) is 0.500. The molecule has 134 valence electrons. The van der Waals surface area contributed by atoms with E-state index < -0.39 is 0 Å². The largest absolute Gasteiger partial charge is 0.320 e. The van der Waals surface area contributed by atoms with Crippen molar-refractivity contribution in [2.45, 2.75) is 52.5 Å². The maximum atomic E-state index is 12.7. The number of carbonyl (C=O) groups excluding carboxylic acids is 1. The van der Waals surface area contributed by atoms with Gasteiger partial charge < -0.3 is 4.57 Å². The number of nitrogens with zero attached hydrogens (tertiary/aromatic N) is 3. The molecular formula is C18H21Cl2N3OS. The summed E-state index contributed by atoms with van der Waals surface area (Å²) in [5.41, 5.74) is 1.48. The summed E-state index contributed by atoms with van der Waals surface area (Å²) in [7, 11) is 0. The quantitative estimate of drug-likeness (QED) is 0.683. The van der Waals surface area contributed by atoms with Crippen LogP contribution < -0.4 is 4.80 Å². The van der Waals surface area contributed by atoms with Crippen LogP contribution in [0.5, 0.6) is 0 Å². The Morgan fingerprint density at radius 1 is 1.40 bits per heavy atom. The van der Waals surface area contributed by atoms with Gasteiger partial charge in [-0.1, -0.05) is 44.0 Å². The lowest BCUT2D eigenvalue weighted by Crippen LogP contribution is -2.20. The van der Waals surface area contributed by atoms with Crippen molar-refractivity contribution in [1.82, 2.24) is 9.55 Å². The number of carbonyl (C=O) groups is 1. The minimum atomic E-state index is -0.388. The van der Waals surface area contributed by atoms with E-state index in [-0.39, 0.29) is 27.1 Å². The molecule has 0 radical (unpaired) electrons. The lowest BCUT2D eigenvalue weighted by atomic mass is 9.93. The second kappa shape index (κ2) is 6.86. The lowest BCUT2D eigenvalue weighted by molar-refractivity contribution is 0.0997. The summed E-state index contributed by atoms with van der Waals surface area (Å²) in [6, 6.07) is 1.46. The summed E-state index contributed by atoms with van der Waals surface area (Å²) in [6.45, 7) is 9.56. The van der Waals surface area contributed by atoms with Crippen LogP contribution in [0.25, 0.3) is 0 Å². The van der Waals surface area contributed by atoms with Crippen molar-refractivity contribution in [3.05, 3.63) is 43.4 Å². The fourth-order valence-electron chi connectivity index (χ4n) is 2.76. The van der Waals surface area contributed by atoms with E-state index in [1.807, 2.05) is 0 Å². The Labute approximate surface area is 161 Å². The Balaban J connectivity index is 2.09. The molecule has 7 heteroatoms. The summed E-state index contributed by atoms with van der Waals surface area (Å²) in [5.74, 6) is 0.301. The number of hydrogen-bond donors (Lipinski definition) is 0. The van der Waals surface area contributed by atoms with Crippen LogP contribution in [0, 0.1) is 12.8 Å². The van der Waals surface area contributed by atoms with Crippen molar-refractivity contribution in [1.29, 1.82) is 0 Å². The van der Waals surface area contributed by atoms with Crippen LogP contribution in [0.15, 0.2) is 17.3 Å². The molecule has 1 amide bonds. The van der Waals surface area contributed by atoms with Gasteiger partial charge in [0.05, 0.1) is 10.6 Å². The summed E-state index contributed by atoms with van der Waals surface area (Å²) >= 11 is 13.6. The average molecular weight is 398 g/mol. The van der Waals surface area contributed by atoms with Crippen LogP contribution in [0.4, 0.5) is 0 Å². The van der Waals surface area contributed by atoms with Crippen molar-refractivity contribution in [3.63, 3.8) is 0 Å². The molecule has 0 spiro atoms. The van der Waals surface area contributed by atoms with E-state index >= 15 is 0 Å². The highest BCUT2D eigenvalue weighted by atomic mass is 35.5. The third-order valence-electron chi connectivity index (χ3n) is 4.23. The first-order valence-corrected chi connectivity index (χ1v) is 9.85. The van der Waals surface area contributed by atoms with Gasteiger partial charge in [-0.25, -0.2) is 4.98 Å². The maximum Gasteiger partial charge on any atom is 0.281 e. The van der Waals surface area contributed by atoms with Gasteiger partial charge in [-0.3, -0.25) is 4.79 Å². The van der Waals surface area contributed by atoms with Crippen molar-refractivity contribution < 1.29 is 4.79 Å². The molecule has 0 aromatic carbocycles. The highest BCUT2D eigenvalue weighted by Gasteiger charge is 2.27. The zero-order chi connectivity index (χ0) is 18.4. The molecule has 0 atom stereocenters. The molecule has 0 bridgehead atoms. The van der Waals surface area contributed by atoms with E-state index in [0.29, 0.717) is 5.92 Å². The predicted molar refractivity (Wildman–Crippen MR) is 103 cm³/mol. The number of pyridine rings is 1. The summed E-state index contributed by atoms with van der Waals surface area (Å²) in [5, 5.41) is 0.489. The number of halogens is 2. The molecule has 4 nitrogen and oxygen atoms in total. The van der Waals surface area contributed by atoms with Crippen LogP contribution in [0.3, 0.4) is 0 Å². The lowest BCUT2D eigenvalue weighted by Gasteiger charge is -2.17. The number of aromatic nitrogens is 2. The number of thiazole rings is 1. The SMILES string of the molecule is Cc1c(C(C)(C)C)s/c(=N\C(=O)c2cc(Cl)ncc2Cl)n1CC1CC1. The average Bonchev–Trinajstić information content (AvgIpc) is 3.28. The number of rotatable bonds is 3. The van der Waals surface area contributed by atoms with Crippen LogP contribution in [0.1, 0.15) is 54.5 Å². The van der Waals surface area contributed by atoms with Gasteiger partial charge in [0, 0.05) is 23.3 Å². The van der Waals surface area contributed by atoms with E-state index in [1.54, 1.807) is 11.3 Å². The van der Waals surface area contributed by atoms with Gasteiger partial charge in [0.15, 0.2) is 4.80 Å². The van der Waals surface area contributed by atoms with E-state index in [2.05, 4.69) is 42.2 Å². The van der Waals surface area contributed by atoms with Crippen LogP contribution in [-0.2, 0) is 12.0 Å². The van der Waals surface area contributed by atoms with Gasteiger partial charge in [0.25, 0.3) is 5.91 Å². The standard InChI is InChI=1S/C18H21Cl2N3OS/c1-10-15(18(2,3)4)25-17(23(10)9-11-5-6-11)22-16(24)12-7-14(20)21-8-13(12)19/h7-8,11H,5-6,9H2,1-4H3/b22-17-. The first-order chi connectivity index (χ1) is 11.7. The van der Waals surface area contributed by atoms with E-state index in [1.165, 1.54) is 35.7 Å². The Bertz CT molecular complexity index is 889. The van der Waals surface area contributed by atoms with Gasteiger partial charge in [0.2, 0.25) is 0 Å². The van der Waals surface area contributed by atoms with E-state index in [0.717, 1.165) is 11.3 Å². The highest BCUT2D eigenvalue weighted by molar-refractivity contribution is 7.09. The molecule has 0 unspecified atom stereocenters. The zero-order valence-electron chi connectivity index (χ0n) is 14.8. The summed E-state index contributed by atoms with van der Waals surface area (Å²) < 4.78 is 2.18. The van der Waals surface area contributed by atoms with Crippen molar-refractivity contribution >= 4 is 40.4 Å². The highest BCUT2D eigenvalue weighted by Crippen LogP contribution is 2.33. The third-order valence-corrected chi connectivity index (χ3v) is 6.34. The van der Waals surface area contributed by atoms with Crippen molar-refractivity contribution in [2.75, 3.05) is 0 Å². The second-order valence-electron chi connectivity index (χ2n) is 7.51. The monoisotopic (exact) mass is 397 g/mol. The fourth-order valence-corrected chi connectivity index (χ4v) is 4.30. The zero-order valence-corrected chi connectivity index (χ0v) is 17.1. The van der Waals surface area contributed by atoms with Gasteiger partial charge in [0.1, 0.15) is 5.15 Å². The Morgan fingerprint density at radius 3 is 2.68 bits per heavy atom. The molecule has 1 saturated carbocycles. The molecular weight excluding hydrogens is 377 g/mol. The van der Waals surface area contributed by atoms with Crippen LogP contribution >= 0.6 is 34.5 Å². The first kappa shape index (κ1) is 18.6. The second-order valence-corrected chi connectivity index (χ2v) is 9.28. The van der Waals surface area contributed by atoms with Crippen molar-refractivity contribution in [2.24, 2.45) is 10.9 Å². The summed E-state index contributed by atoms with van der Waals surface area (Å²) in [6.07, 6.45) is 3.86.